The van der Waals surface area contributed by atoms with E-state index in [4.69, 9.17) is 0 Å². The van der Waals surface area contributed by atoms with Crippen molar-refractivity contribution in [2.75, 3.05) is 7.05 Å². The normalized spacial score (nSPS) is 13.1. The second-order valence-electron chi connectivity index (χ2n) is 6.91. The van der Waals surface area contributed by atoms with Crippen molar-refractivity contribution >= 4 is 5.91 Å². The smallest absolute Gasteiger partial charge is 0.341 e. The number of aryl methyl sites for hydroxylation is 3. The summed E-state index contributed by atoms with van der Waals surface area (Å²) < 4.78 is 41.5. The first-order valence-corrected chi connectivity index (χ1v) is 8.85. The first-order valence-electron chi connectivity index (χ1n) is 8.85. The second-order valence-corrected chi connectivity index (χ2v) is 6.91. The van der Waals surface area contributed by atoms with E-state index >= 15 is 0 Å². The third-order valence-electron chi connectivity index (χ3n) is 4.74. The molecule has 0 N–H and O–H groups in total. The molecule has 0 saturated carbocycles. The molecule has 1 atom stereocenters. The maximum atomic E-state index is 12.8. The van der Waals surface area contributed by atoms with Gasteiger partial charge < -0.3 is 4.90 Å². The van der Waals surface area contributed by atoms with Crippen molar-refractivity contribution in [2.24, 2.45) is 5.92 Å². The maximum Gasteiger partial charge on any atom is 0.435 e. The Kier molecular flexibility index (Phi) is 6.01. The Hall–Kier alpha value is -2.32. The van der Waals surface area contributed by atoms with Crippen molar-refractivity contribution in [2.45, 2.75) is 60.4 Å². The number of carbonyl (C=O) groups excluding carboxylic acids is 1. The van der Waals surface area contributed by atoms with Gasteiger partial charge in [0.05, 0.1) is 18.2 Å². The molecule has 150 valence electrons. The van der Waals surface area contributed by atoms with Crippen LogP contribution in [0.4, 0.5) is 13.2 Å². The molecule has 6 nitrogen and oxygen atoms in total. The highest BCUT2D eigenvalue weighted by atomic mass is 19.4. The van der Waals surface area contributed by atoms with Gasteiger partial charge in [0.1, 0.15) is 0 Å². The van der Waals surface area contributed by atoms with Crippen LogP contribution < -0.4 is 0 Å². The van der Waals surface area contributed by atoms with Crippen LogP contribution in [0, 0.1) is 26.7 Å². The van der Waals surface area contributed by atoms with Gasteiger partial charge in [-0.2, -0.15) is 23.4 Å². The fraction of sp³-hybridized carbons (Fsp3) is 0.611. The Bertz CT molecular complexity index is 822. The third kappa shape index (κ3) is 4.51. The number of aromatic nitrogens is 4. The number of alkyl halides is 3. The van der Waals surface area contributed by atoms with E-state index in [-0.39, 0.29) is 12.5 Å². The first kappa shape index (κ1) is 21.0. The van der Waals surface area contributed by atoms with Gasteiger partial charge in [0.25, 0.3) is 0 Å². The predicted molar refractivity (Wildman–Crippen MR) is 95.0 cm³/mol. The Balaban J connectivity index is 2.09. The van der Waals surface area contributed by atoms with Gasteiger partial charge in [-0.3, -0.25) is 14.2 Å². The van der Waals surface area contributed by atoms with Crippen LogP contribution in [0.3, 0.4) is 0 Å². The molecule has 0 aromatic carbocycles. The van der Waals surface area contributed by atoms with E-state index in [2.05, 4.69) is 10.2 Å². The topological polar surface area (TPSA) is 56.0 Å². The molecule has 0 radical (unpaired) electrons. The zero-order valence-corrected chi connectivity index (χ0v) is 16.6. The number of hydrogen-bond donors (Lipinski definition) is 0. The summed E-state index contributed by atoms with van der Waals surface area (Å²) >= 11 is 0. The number of nitrogens with zero attached hydrogens (tertiary/aromatic N) is 5. The average Bonchev–Trinajstić information content (AvgIpc) is 3.08. The molecule has 0 saturated heterocycles. The molecular weight excluding hydrogens is 359 g/mol. The minimum absolute atomic E-state index is 0.0945. The molecule has 0 aliphatic heterocycles. The number of rotatable bonds is 6. The average molecular weight is 385 g/mol. The summed E-state index contributed by atoms with van der Waals surface area (Å²) in [4.78, 5) is 14.3. The predicted octanol–water partition coefficient (Wildman–Crippen LogP) is 3.34. The van der Waals surface area contributed by atoms with Gasteiger partial charge in [-0.15, -0.1) is 0 Å². The van der Waals surface area contributed by atoms with Crippen molar-refractivity contribution in [1.29, 1.82) is 0 Å². The molecular formula is C18H26F3N5O. The molecule has 2 rings (SSSR count). The van der Waals surface area contributed by atoms with Gasteiger partial charge in [0.15, 0.2) is 5.69 Å². The number of halogens is 3. The monoisotopic (exact) mass is 385 g/mol. The zero-order valence-electron chi connectivity index (χ0n) is 16.6. The van der Waals surface area contributed by atoms with Crippen LogP contribution in [-0.4, -0.2) is 37.4 Å². The lowest BCUT2D eigenvalue weighted by molar-refractivity contribution is -0.141. The summed E-state index contributed by atoms with van der Waals surface area (Å²) in [6.07, 6.45) is -4.49. The summed E-state index contributed by atoms with van der Waals surface area (Å²) in [6, 6.07) is 0.993. The van der Waals surface area contributed by atoms with Crippen molar-refractivity contribution < 1.29 is 18.0 Å². The third-order valence-corrected chi connectivity index (χ3v) is 4.74. The first-order chi connectivity index (χ1) is 12.5. The van der Waals surface area contributed by atoms with E-state index in [1.165, 1.54) is 4.68 Å². The Morgan fingerprint density at radius 3 is 2.33 bits per heavy atom. The van der Waals surface area contributed by atoms with Crippen molar-refractivity contribution in [3.63, 3.8) is 0 Å². The SMILES string of the molecule is CCn1nc(C)c(CN(C)C(=O)[C@@H](C)Cn2nc(C(F)(F)F)cc2C)c1C. The van der Waals surface area contributed by atoms with E-state index in [1.807, 2.05) is 25.5 Å². The highest BCUT2D eigenvalue weighted by Gasteiger charge is 2.34. The molecule has 0 bridgehead atoms. The lowest BCUT2D eigenvalue weighted by atomic mass is 10.1. The molecule has 27 heavy (non-hydrogen) atoms. The molecule has 0 spiro atoms. The fourth-order valence-corrected chi connectivity index (χ4v) is 3.13. The van der Waals surface area contributed by atoms with Gasteiger partial charge in [-0.05, 0) is 33.8 Å². The lowest BCUT2D eigenvalue weighted by Crippen LogP contribution is -2.34. The van der Waals surface area contributed by atoms with Crippen LogP contribution in [-0.2, 0) is 30.6 Å². The second kappa shape index (κ2) is 7.74. The molecule has 1 amide bonds. The summed E-state index contributed by atoms with van der Waals surface area (Å²) in [5, 5.41) is 8.05. The van der Waals surface area contributed by atoms with Crippen LogP contribution in [0.2, 0.25) is 0 Å². The van der Waals surface area contributed by atoms with E-state index < -0.39 is 17.8 Å². The van der Waals surface area contributed by atoms with Crippen LogP contribution in [0.1, 0.15) is 42.2 Å². The van der Waals surface area contributed by atoms with E-state index in [0.29, 0.717) is 12.2 Å². The molecule has 2 aromatic rings. The minimum Gasteiger partial charge on any atom is -0.341 e. The largest absolute Gasteiger partial charge is 0.435 e. The molecule has 0 aliphatic rings. The summed E-state index contributed by atoms with van der Waals surface area (Å²) in [6.45, 7) is 10.4. The van der Waals surface area contributed by atoms with Crippen LogP contribution in [0.15, 0.2) is 6.07 Å². The Morgan fingerprint density at radius 2 is 1.85 bits per heavy atom. The summed E-state index contributed by atoms with van der Waals surface area (Å²) in [5.41, 5.74) is 2.32. The number of hydrogen-bond acceptors (Lipinski definition) is 3. The number of carbonyl (C=O) groups is 1. The van der Waals surface area contributed by atoms with Gasteiger partial charge in [0, 0.05) is 37.1 Å². The van der Waals surface area contributed by atoms with E-state index in [1.54, 1.807) is 25.8 Å². The van der Waals surface area contributed by atoms with Gasteiger partial charge in [-0.25, -0.2) is 0 Å². The molecule has 0 fully saturated rings. The van der Waals surface area contributed by atoms with Crippen LogP contribution in [0.25, 0.3) is 0 Å². The van der Waals surface area contributed by atoms with Gasteiger partial charge in [-0.1, -0.05) is 6.92 Å². The molecule has 0 aliphatic carbocycles. The maximum absolute atomic E-state index is 12.8. The van der Waals surface area contributed by atoms with Gasteiger partial charge >= 0.3 is 6.18 Å². The van der Waals surface area contributed by atoms with Crippen molar-refractivity contribution in [3.8, 4) is 0 Å². The summed E-state index contributed by atoms with van der Waals surface area (Å²) in [7, 11) is 1.69. The quantitative estimate of drug-likeness (QED) is 0.766. The standard InChI is InChI=1S/C18H26F3N5O/c1-7-25-14(5)15(13(4)22-25)10-24(6)17(27)11(2)9-26-12(3)8-16(23-26)18(19,20)21/h8,11H,7,9-10H2,1-6H3/t11-/m0/s1. The van der Waals surface area contributed by atoms with E-state index in [9.17, 15) is 18.0 Å². The van der Waals surface area contributed by atoms with Crippen LogP contribution in [0.5, 0.6) is 0 Å². The Morgan fingerprint density at radius 1 is 1.22 bits per heavy atom. The highest BCUT2D eigenvalue weighted by Crippen LogP contribution is 2.28. The molecule has 0 unspecified atom stereocenters. The molecule has 2 heterocycles. The molecule has 9 heteroatoms. The van der Waals surface area contributed by atoms with Crippen LogP contribution >= 0.6 is 0 Å². The highest BCUT2D eigenvalue weighted by molar-refractivity contribution is 5.78. The zero-order chi connectivity index (χ0) is 20.5. The van der Waals surface area contributed by atoms with Gasteiger partial charge in [0.2, 0.25) is 5.91 Å². The lowest BCUT2D eigenvalue weighted by Gasteiger charge is -2.22. The summed E-state index contributed by atoms with van der Waals surface area (Å²) in [5.74, 6) is -0.655. The minimum atomic E-state index is -4.49. The number of amides is 1. The molecule has 2 aromatic heterocycles. The fourth-order valence-electron chi connectivity index (χ4n) is 3.13. The van der Waals surface area contributed by atoms with Crippen molar-refractivity contribution in [1.82, 2.24) is 24.5 Å². The van der Waals surface area contributed by atoms with Crippen molar-refractivity contribution in [3.05, 3.63) is 34.4 Å². The Labute approximate surface area is 157 Å². The van der Waals surface area contributed by atoms with E-state index in [0.717, 1.165) is 29.6 Å².